The van der Waals surface area contributed by atoms with Crippen LogP contribution >= 0.6 is 0 Å². The predicted octanol–water partition coefficient (Wildman–Crippen LogP) is 1.11. The van der Waals surface area contributed by atoms with Crippen molar-refractivity contribution in [3.63, 3.8) is 0 Å². The average molecular weight is 494 g/mol. The fraction of sp³-hybridized carbons (Fsp3) is 0.417. The number of hydrogen-bond donors (Lipinski definition) is 0. The van der Waals surface area contributed by atoms with Crippen molar-refractivity contribution < 1.29 is 13.2 Å². The van der Waals surface area contributed by atoms with Gasteiger partial charge in [-0.05, 0) is 43.3 Å². The minimum Gasteiger partial charge on any atom is -0.304 e. The normalized spacial score (nSPS) is 22.1. The fourth-order valence-electron chi connectivity index (χ4n) is 4.71. The van der Waals surface area contributed by atoms with E-state index in [-0.39, 0.29) is 16.7 Å². The third kappa shape index (κ3) is 4.70. The first-order valence-corrected chi connectivity index (χ1v) is 13.1. The predicted molar refractivity (Wildman–Crippen MR) is 130 cm³/mol. The van der Waals surface area contributed by atoms with E-state index in [0.29, 0.717) is 57.1 Å². The number of likely N-dealkylation sites (N-methyl/N-ethyl adjacent to an activating group) is 1. The Labute approximate surface area is 205 Å². The second-order valence-electron chi connectivity index (χ2n) is 9.16. The van der Waals surface area contributed by atoms with Crippen molar-refractivity contribution in [2.75, 3.05) is 51.3 Å². The van der Waals surface area contributed by atoms with Crippen molar-refractivity contribution in [2.45, 2.75) is 17.9 Å². The molecule has 1 aromatic carbocycles. The Hall–Kier alpha value is -3.17. The molecule has 2 fully saturated rings. The Morgan fingerprint density at radius 3 is 2.63 bits per heavy atom. The quantitative estimate of drug-likeness (QED) is 0.613. The summed E-state index contributed by atoms with van der Waals surface area (Å²) in [7, 11) is -1.65. The molecule has 182 valence electrons. The molecule has 2 aromatic rings. The highest BCUT2D eigenvalue weighted by atomic mass is 32.2. The molecule has 5 rings (SSSR count). The van der Waals surface area contributed by atoms with Gasteiger partial charge in [0.1, 0.15) is 4.90 Å². The van der Waals surface area contributed by atoms with Crippen molar-refractivity contribution >= 4 is 27.5 Å². The largest absolute Gasteiger partial charge is 0.304 e. The topological polar surface area (TPSA) is 113 Å². The Morgan fingerprint density at radius 2 is 1.91 bits per heavy atom. The molecule has 0 spiro atoms. The van der Waals surface area contributed by atoms with Gasteiger partial charge in [0.2, 0.25) is 10.0 Å². The number of nitriles is 1. The van der Waals surface area contributed by atoms with Gasteiger partial charge in [0.05, 0.1) is 23.3 Å². The molecule has 2 saturated heterocycles. The lowest BCUT2D eigenvalue weighted by atomic mass is 9.94. The Kier molecular flexibility index (Phi) is 6.37. The van der Waals surface area contributed by atoms with Crippen LogP contribution in [-0.2, 0) is 21.4 Å². The van der Waals surface area contributed by atoms with Crippen LogP contribution in [0.15, 0.2) is 52.6 Å². The summed E-state index contributed by atoms with van der Waals surface area (Å²) in [4.78, 5) is 21.7. The lowest BCUT2D eigenvalue weighted by molar-refractivity contribution is -0.120. The number of carbonyl (C=O) groups excluding carboxylic acids is 1. The SMILES string of the molecule is CN1CCN(S(=O)(=O)c2ccc(N3N=C4CN(Cc5cccc(C#N)c5)CCC4C3=O)nc2)CC1. The molecule has 0 aliphatic carbocycles. The molecule has 1 unspecified atom stereocenters. The van der Waals surface area contributed by atoms with Gasteiger partial charge in [0.25, 0.3) is 5.91 Å². The average Bonchev–Trinajstić information content (AvgIpc) is 3.20. The third-order valence-electron chi connectivity index (χ3n) is 6.76. The number of pyridine rings is 1. The first-order chi connectivity index (χ1) is 16.8. The molecule has 0 saturated carbocycles. The number of piperidine rings is 1. The van der Waals surface area contributed by atoms with Crippen LogP contribution in [0.4, 0.5) is 5.82 Å². The van der Waals surface area contributed by atoms with Gasteiger partial charge in [0, 0.05) is 52.0 Å². The molecule has 1 amide bonds. The number of amides is 1. The maximum absolute atomic E-state index is 13.0. The van der Waals surface area contributed by atoms with Crippen LogP contribution in [0.2, 0.25) is 0 Å². The Morgan fingerprint density at radius 1 is 1.11 bits per heavy atom. The van der Waals surface area contributed by atoms with Crippen molar-refractivity contribution in [1.29, 1.82) is 5.26 Å². The zero-order valence-corrected chi connectivity index (χ0v) is 20.4. The molecule has 35 heavy (non-hydrogen) atoms. The van der Waals surface area contributed by atoms with Crippen molar-refractivity contribution in [2.24, 2.45) is 11.0 Å². The van der Waals surface area contributed by atoms with Gasteiger partial charge in [-0.1, -0.05) is 12.1 Å². The molecule has 4 heterocycles. The highest BCUT2D eigenvalue weighted by Crippen LogP contribution is 2.29. The number of rotatable bonds is 5. The van der Waals surface area contributed by atoms with Gasteiger partial charge >= 0.3 is 0 Å². The maximum atomic E-state index is 13.0. The summed E-state index contributed by atoms with van der Waals surface area (Å²) in [6.45, 7) is 4.23. The van der Waals surface area contributed by atoms with E-state index in [1.807, 2.05) is 25.2 Å². The minimum atomic E-state index is -3.62. The smallest absolute Gasteiger partial charge is 0.257 e. The molecule has 0 N–H and O–H groups in total. The van der Waals surface area contributed by atoms with Gasteiger partial charge in [-0.25, -0.2) is 13.4 Å². The number of sulfonamides is 1. The number of nitrogens with zero attached hydrogens (tertiary/aromatic N) is 7. The molecular weight excluding hydrogens is 466 g/mol. The van der Waals surface area contributed by atoms with Crippen LogP contribution in [0.3, 0.4) is 0 Å². The molecule has 3 aliphatic heterocycles. The number of piperazine rings is 1. The first-order valence-electron chi connectivity index (χ1n) is 11.6. The second kappa shape index (κ2) is 9.47. The summed E-state index contributed by atoms with van der Waals surface area (Å²) in [6.07, 6.45) is 1.97. The molecular formula is C24H27N7O3S. The number of anilines is 1. The number of benzene rings is 1. The zero-order chi connectivity index (χ0) is 24.6. The highest BCUT2D eigenvalue weighted by molar-refractivity contribution is 7.89. The van der Waals surface area contributed by atoms with Crippen molar-refractivity contribution in [3.8, 4) is 6.07 Å². The fourth-order valence-corrected chi connectivity index (χ4v) is 6.08. The van der Waals surface area contributed by atoms with Crippen LogP contribution in [0.1, 0.15) is 17.5 Å². The second-order valence-corrected chi connectivity index (χ2v) is 11.1. The van der Waals surface area contributed by atoms with E-state index < -0.39 is 10.0 Å². The van der Waals surface area contributed by atoms with Crippen molar-refractivity contribution in [1.82, 2.24) is 19.1 Å². The molecule has 0 bridgehead atoms. The van der Waals surface area contributed by atoms with Crippen LogP contribution in [0.25, 0.3) is 0 Å². The third-order valence-corrected chi connectivity index (χ3v) is 8.64. The number of hydrazone groups is 1. The number of hydrogen-bond acceptors (Lipinski definition) is 8. The molecule has 11 heteroatoms. The maximum Gasteiger partial charge on any atom is 0.257 e. The van der Waals surface area contributed by atoms with Crippen LogP contribution < -0.4 is 5.01 Å². The van der Waals surface area contributed by atoms with Gasteiger partial charge in [-0.3, -0.25) is 9.69 Å². The van der Waals surface area contributed by atoms with Crippen LogP contribution in [0.5, 0.6) is 0 Å². The number of fused-ring (bicyclic) bond motifs is 1. The van der Waals surface area contributed by atoms with Crippen LogP contribution in [0, 0.1) is 17.2 Å². The summed E-state index contributed by atoms with van der Waals surface area (Å²) in [5.41, 5.74) is 2.46. The van der Waals surface area contributed by atoms with E-state index in [1.54, 1.807) is 12.1 Å². The number of carbonyl (C=O) groups is 1. The summed E-state index contributed by atoms with van der Waals surface area (Å²) in [5, 5.41) is 15.0. The monoisotopic (exact) mass is 493 g/mol. The minimum absolute atomic E-state index is 0.119. The number of aromatic nitrogens is 1. The van der Waals surface area contributed by atoms with E-state index in [0.717, 1.165) is 17.8 Å². The van der Waals surface area contributed by atoms with Gasteiger partial charge in [-0.15, -0.1) is 0 Å². The van der Waals surface area contributed by atoms with Gasteiger partial charge in [0.15, 0.2) is 5.82 Å². The molecule has 1 aromatic heterocycles. The molecule has 10 nitrogen and oxygen atoms in total. The summed E-state index contributed by atoms with van der Waals surface area (Å²) in [5.74, 6) is -0.0944. The Balaban J connectivity index is 1.28. The lowest BCUT2D eigenvalue weighted by Crippen LogP contribution is -2.47. The first kappa shape index (κ1) is 23.6. The van der Waals surface area contributed by atoms with Crippen molar-refractivity contribution in [3.05, 3.63) is 53.7 Å². The zero-order valence-electron chi connectivity index (χ0n) is 19.5. The van der Waals surface area contributed by atoms with E-state index >= 15 is 0 Å². The van der Waals surface area contributed by atoms with E-state index in [4.69, 9.17) is 5.26 Å². The van der Waals surface area contributed by atoms with E-state index in [9.17, 15) is 13.2 Å². The highest BCUT2D eigenvalue weighted by Gasteiger charge is 2.40. The van der Waals surface area contributed by atoms with E-state index in [1.165, 1.54) is 21.6 Å². The van der Waals surface area contributed by atoms with E-state index in [2.05, 4.69) is 26.0 Å². The standard InChI is InChI=1S/C24H27N7O3S/c1-28-9-11-30(12-10-28)35(33,34)20-5-6-23(26-15-20)31-24(32)21-7-8-29(17-22(21)27-31)16-19-4-2-3-18(13-19)14-25/h2-6,13,15,21H,7-12,16-17H2,1H3. The van der Waals surface area contributed by atoms with Crippen LogP contribution in [-0.4, -0.2) is 85.4 Å². The molecule has 3 aliphatic rings. The molecule has 1 atom stereocenters. The van der Waals surface area contributed by atoms with Gasteiger partial charge in [-0.2, -0.15) is 19.7 Å². The summed E-state index contributed by atoms with van der Waals surface area (Å²) >= 11 is 0. The summed E-state index contributed by atoms with van der Waals surface area (Å²) in [6, 6.07) is 12.7. The lowest BCUT2D eigenvalue weighted by Gasteiger charge is -2.31. The summed E-state index contributed by atoms with van der Waals surface area (Å²) < 4.78 is 27.4. The van der Waals surface area contributed by atoms with Gasteiger partial charge < -0.3 is 4.90 Å². The molecule has 0 radical (unpaired) electrons. The Bertz CT molecular complexity index is 1300. The number of likely N-dealkylation sites (tertiary alicyclic amines) is 1.